The Labute approximate surface area is 96.6 Å². The zero-order valence-corrected chi connectivity index (χ0v) is 10.2. The zero-order valence-electron chi connectivity index (χ0n) is 10.2. The maximum atomic E-state index is 11.7. The second kappa shape index (κ2) is 6.33. The van der Waals surface area contributed by atoms with Gasteiger partial charge in [-0.15, -0.1) is 0 Å². The van der Waals surface area contributed by atoms with Gasteiger partial charge in [-0.2, -0.15) is 0 Å². The van der Waals surface area contributed by atoms with E-state index in [1.54, 1.807) is 12.5 Å². The molecule has 1 atom stereocenters. The van der Waals surface area contributed by atoms with Crippen LogP contribution in [0.15, 0.2) is 23.0 Å². The van der Waals surface area contributed by atoms with Crippen LogP contribution in [0, 0.1) is 0 Å². The summed E-state index contributed by atoms with van der Waals surface area (Å²) in [4.78, 5) is 13.5. The third kappa shape index (κ3) is 3.38. The van der Waals surface area contributed by atoms with Crippen LogP contribution >= 0.6 is 0 Å². The SMILES string of the molecule is CCN(CC)C(=O)CNC(C)c1ccoc1. The summed E-state index contributed by atoms with van der Waals surface area (Å²) in [6.45, 7) is 7.88. The summed E-state index contributed by atoms with van der Waals surface area (Å²) in [5.41, 5.74) is 1.06. The summed E-state index contributed by atoms with van der Waals surface area (Å²) in [6, 6.07) is 2.04. The molecular formula is C12H20N2O2. The molecule has 0 aliphatic heterocycles. The summed E-state index contributed by atoms with van der Waals surface area (Å²) < 4.78 is 5.00. The van der Waals surface area contributed by atoms with Gasteiger partial charge < -0.3 is 14.6 Å². The van der Waals surface area contributed by atoms with Crippen molar-refractivity contribution in [1.29, 1.82) is 0 Å². The molecule has 90 valence electrons. The van der Waals surface area contributed by atoms with Crippen LogP contribution in [0.1, 0.15) is 32.4 Å². The Morgan fingerprint density at radius 1 is 1.50 bits per heavy atom. The number of nitrogens with zero attached hydrogens (tertiary/aromatic N) is 1. The van der Waals surface area contributed by atoms with Crippen LogP contribution < -0.4 is 5.32 Å². The Morgan fingerprint density at radius 3 is 2.69 bits per heavy atom. The summed E-state index contributed by atoms with van der Waals surface area (Å²) >= 11 is 0. The van der Waals surface area contributed by atoms with Gasteiger partial charge in [0, 0.05) is 24.7 Å². The molecule has 1 aromatic rings. The smallest absolute Gasteiger partial charge is 0.236 e. The van der Waals surface area contributed by atoms with E-state index in [0.29, 0.717) is 6.54 Å². The number of amides is 1. The highest BCUT2D eigenvalue weighted by molar-refractivity contribution is 5.78. The van der Waals surface area contributed by atoms with Crippen molar-refractivity contribution in [3.63, 3.8) is 0 Å². The molecule has 4 heteroatoms. The van der Waals surface area contributed by atoms with Gasteiger partial charge in [-0.3, -0.25) is 4.79 Å². The molecule has 4 nitrogen and oxygen atoms in total. The van der Waals surface area contributed by atoms with Crippen molar-refractivity contribution in [3.05, 3.63) is 24.2 Å². The molecule has 0 spiro atoms. The molecule has 0 aromatic carbocycles. The van der Waals surface area contributed by atoms with E-state index in [1.807, 2.05) is 31.7 Å². The predicted octanol–water partition coefficient (Wildman–Crippen LogP) is 1.80. The number of rotatable bonds is 6. The van der Waals surface area contributed by atoms with Gasteiger partial charge in [-0.05, 0) is 26.8 Å². The third-order valence-electron chi connectivity index (χ3n) is 2.72. The average molecular weight is 224 g/mol. The predicted molar refractivity (Wildman–Crippen MR) is 63.1 cm³/mol. The van der Waals surface area contributed by atoms with Crippen molar-refractivity contribution < 1.29 is 9.21 Å². The molecule has 1 amide bonds. The van der Waals surface area contributed by atoms with E-state index in [2.05, 4.69) is 5.32 Å². The Balaban J connectivity index is 2.37. The van der Waals surface area contributed by atoms with Crippen molar-refractivity contribution in [3.8, 4) is 0 Å². The summed E-state index contributed by atoms with van der Waals surface area (Å²) in [5.74, 6) is 0.139. The number of nitrogens with one attached hydrogen (secondary N) is 1. The molecule has 1 heterocycles. The van der Waals surface area contributed by atoms with E-state index in [9.17, 15) is 4.79 Å². The molecule has 0 saturated heterocycles. The number of furan rings is 1. The highest BCUT2D eigenvalue weighted by Crippen LogP contribution is 2.11. The van der Waals surface area contributed by atoms with Gasteiger partial charge in [0.1, 0.15) is 0 Å². The van der Waals surface area contributed by atoms with E-state index in [1.165, 1.54) is 0 Å². The normalized spacial score (nSPS) is 12.4. The molecule has 0 saturated carbocycles. The lowest BCUT2D eigenvalue weighted by molar-refractivity contribution is -0.129. The molecule has 0 aliphatic carbocycles. The zero-order chi connectivity index (χ0) is 12.0. The van der Waals surface area contributed by atoms with Gasteiger partial charge in [-0.25, -0.2) is 0 Å². The standard InChI is InChI=1S/C12H20N2O2/c1-4-14(5-2)12(15)8-13-10(3)11-6-7-16-9-11/h6-7,9-10,13H,4-5,8H2,1-3H3. The minimum atomic E-state index is 0.137. The largest absolute Gasteiger partial charge is 0.472 e. The Hall–Kier alpha value is -1.29. The van der Waals surface area contributed by atoms with Gasteiger partial charge in [-0.1, -0.05) is 0 Å². The van der Waals surface area contributed by atoms with E-state index < -0.39 is 0 Å². The summed E-state index contributed by atoms with van der Waals surface area (Å²) in [6.07, 6.45) is 3.33. The van der Waals surface area contributed by atoms with E-state index in [-0.39, 0.29) is 11.9 Å². The minimum absolute atomic E-state index is 0.137. The van der Waals surface area contributed by atoms with Gasteiger partial charge in [0.25, 0.3) is 0 Å². The maximum Gasteiger partial charge on any atom is 0.236 e. The third-order valence-corrected chi connectivity index (χ3v) is 2.72. The van der Waals surface area contributed by atoms with E-state index >= 15 is 0 Å². The molecule has 1 unspecified atom stereocenters. The fraction of sp³-hybridized carbons (Fsp3) is 0.583. The average Bonchev–Trinajstić information content (AvgIpc) is 2.81. The van der Waals surface area contributed by atoms with Crippen LogP contribution in [-0.2, 0) is 4.79 Å². The molecule has 1 aromatic heterocycles. The van der Waals surface area contributed by atoms with E-state index in [4.69, 9.17) is 4.42 Å². The number of carbonyl (C=O) groups excluding carboxylic acids is 1. The second-order valence-electron chi connectivity index (χ2n) is 3.73. The Bertz CT molecular complexity index is 305. The van der Waals surface area contributed by atoms with E-state index in [0.717, 1.165) is 18.7 Å². The van der Waals surface area contributed by atoms with Crippen LogP contribution in [-0.4, -0.2) is 30.4 Å². The number of hydrogen-bond donors (Lipinski definition) is 1. The molecule has 1 N–H and O–H groups in total. The molecule has 1 rings (SSSR count). The number of hydrogen-bond acceptors (Lipinski definition) is 3. The van der Waals surface area contributed by atoms with Crippen molar-refractivity contribution in [2.24, 2.45) is 0 Å². The molecular weight excluding hydrogens is 204 g/mol. The lowest BCUT2D eigenvalue weighted by Crippen LogP contribution is -2.38. The first kappa shape index (κ1) is 12.8. The molecule has 0 aliphatic rings. The fourth-order valence-corrected chi connectivity index (χ4v) is 1.57. The lowest BCUT2D eigenvalue weighted by Gasteiger charge is -2.20. The maximum absolute atomic E-state index is 11.7. The second-order valence-corrected chi connectivity index (χ2v) is 3.73. The fourth-order valence-electron chi connectivity index (χ4n) is 1.57. The van der Waals surface area contributed by atoms with Crippen LogP contribution in [0.2, 0.25) is 0 Å². The van der Waals surface area contributed by atoms with Crippen LogP contribution in [0.25, 0.3) is 0 Å². The first-order valence-corrected chi connectivity index (χ1v) is 5.72. The highest BCUT2D eigenvalue weighted by Gasteiger charge is 2.12. The lowest BCUT2D eigenvalue weighted by atomic mass is 10.2. The Kier molecular flexibility index (Phi) is 5.05. The number of carbonyl (C=O) groups is 1. The summed E-state index contributed by atoms with van der Waals surface area (Å²) in [7, 11) is 0. The molecule has 0 bridgehead atoms. The minimum Gasteiger partial charge on any atom is -0.472 e. The van der Waals surface area contributed by atoms with Crippen molar-refractivity contribution in [2.75, 3.05) is 19.6 Å². The van der Waals surface area contributed by atoms with Crippen LogP contribution in [0.3, 0.4) is 0 Å². The van der Waals surface area contributed by atoms with Crippen LogP contribution in [0.4, 0.5) is 0 Å². The highest BCUT2D eigenvalue weighted by atomic mass is 16.3. The topological polar surface area (TPSA) is 45.5 Å². The van der Waals surface area contributed by atoms with Crippen LogP contribution in [0.5, 0.6) is 0 Å². The molecule has 0 radical (unpaired) electrons. The Morgan fingerprint density at radius 2 is 2.19 bits per heavy atom. The first-order chi connectivity index (χ1) is 7.69. The van der Waals surface area contributed by atoms with Crippen molar-refractivity contribution in [2.45, 2.75) is 26.8 Å². The van der Waals surface area contributed by atoms with Gasteiger partial charge >= 0.3 is 0 Å². The van der Waals surface area contributed by atoms with Crippen molar-refractivity contribution >= 4 is 5.91 Å². The summed E-state index contributed by atoms with van der Waals surface area (Å²) in [5, 5.41) is 3.18. The number of likely N-dealkylation sites (N-methyl/N-ethyl adjacent to an activating group) is 1. The van der Waals surface area contributed by atoms with Gasteiger partial charge in [0.2, 0.25) is 5.91 Å². The van der Waals surface area contributed by atoms with Crippen molar-refractivity contribution in [1.82, 2.24) is 10.2 Å². The van der Waals surface area contributed by atoms with Gasteiger partial charge in [0.05, 0.1) is 19.1 Å². The quantitative estimate of drug-likeness (QED) is 0.801. The molecule has 0 fully saturated rings. The first-order valence-electron chi connectivity index (χ1n) is 5.72. The monoisotopic (exact) mass is 224 g/mol. The molecule has 16 heavy (non-hydrogen) atoms. The van der Waals surface area contributed by atoms with Gasteiger partial charge in [0.15, 0.2) is 0 Å².